The van der Waals surface area contributed by atoms with E-state index in [1.54, 1.807) is 6.07 Å². The summed E-state index contributed by atoms with van der Waals surface area (Å²) in [7, 11) is -0.0997. The first-order valence-corrected chi connectivity index (χ1v) is 7.09. The van der Waals surface area contributed by atoms with Crippen LogP contribution in [0.25, 0.3) is 0 Å². The Morgan fingerprint density at radius 3 is 2.55 bits per heavy atom. The summed E-state index contributed by atoms with van der Waals surface area (Å²) in [4.78, 5) is 0.336. The predicted molar refractivity (Wildman–Crippen MR) is 73.9 cm³/mol. The third kappa shape index (κ3) is 3.14. The summed E-state index contributed by atoms with van der Waals surface area (Å²) in [5.74, 6) is -0.787. The molecular formula is C14H13F2NO2S. The van der Waals surface area contributed by atoms with Crippen molar-refractivity contribution in [2.45, 2.75) is 10.6 Å². The van der Waals surface area contributed by atoms with Crippen molar-refractivity contribution in [3.63, 3.8) is 0 Å². The largest absolute Gasteiger partial charge is 0.494 e. The van der Waals surface area contributed by atoms with Crippen LogP contribution in [0.15, 0.2) is 41.3 Å². The van der Waals surface area contributed by atoms with Crippen LogP contribution in [0, 0.1) is 11.6 Å². The maximum absolute atomic E-state index is 13.5. The van der Waals surface area contributed by atoms with Gasteiger partial charge in [0.15, 0.2) is 11.6 Å². The molecule has 0 aliphatic heterocycles. The molecule has 0 saturated heterocycles. The summed E-state index contributed by atoms with van der Waals surface area (Å²) in [6.45, 7) is 0. The Bertz CT molecular complexity index is 662. The van der Waals surface area contributed by atoms with Crippen molar-refractivity contribution in [3.8, 4) is 5.75 Å². The number of hydrogen-bond acceptors (Lipinski definition) is 3. The fourth-order valence-electron chi connectivity index (χ4n) is 1.76. The second kappa shape index (κ2) is 6.00. The molecule has 20 heavy (non-hydrogen) atoms. The van der Waals surface area contributed by atoms with Crippen molar-refractivity contribution in [2.24, 2.45) is 0 Å². The van der Waals surface area contributed by atoms with Crippen molar-refractivity contribution in [1.82, 2.24) is 0 Å². The third-order valence-electron chi connectivity index (χ3n) is 2.73. The van der Waals surface area contributed by atoms with Crippen molar-refractivity contribution in [3.05, 3.63) is 53.6 Å². The van der Waals surface area contributed by atoms with E-state index in [-0.39, 0.29) is 17.2 Å². The van der Waals surface area contributed by atoms with Crippen molar-refractivity contribution < 1.29 is 17.7 Å². The van der Waals surface area contributed by atoms with E-state index >= 15 is 0 Å². The molecule has 0 spiro atoms. The number of nitrogen functional groups attached to an aromatic ring is 1. The normalized spacial score (nSPS) is 12.2. The Balaban J connectivity index is 2.21. The molecular weight excluding hydrogens is 284 g/mol. The Morgan fingerprint density at radius 2 is 1.95 bits per heavy atom. The summed E-state index contributed by atoms with van der Waals surface area (Å²) < 4.78 is 43.4. The van der Waals surface area contributed by atoms with E-state index in [4.69, 9.17) is 10.5 Å². The van der Waals surface area contributed by atoms with Gasteiger partial charge in [0, 0.05) is 0 Å². The topological polar surface area (TPSA) is 52.3 Å². The van der Waals surface area contributed by atoms with Gasteiger partial charge in [0.25, 0.3) is 0 Å². The van der Waals surface area contributed by atoms with Crippen LogP contribution in [0.1, 0.15) is 5.56 Å². The van der Waals surface area contributed by atoms with E-state index in [2.05, 4.69) is 0 Å². The number of nitrogens with two attached hydrogens (primary N) is 1. The molecule has 2 aromatic carbocycles. The molecule has 2 N–H and O–H groups in total. The van der Waals surface area contributed by atoms with Gasteiger partial charge in [-0.3, -0.25) is 4.21 Å². The molecule has 6 heteroatoms. The van der Waals surface area contributed by atoms with E-state index in [0.29, 0.717) is 10.5 Å². The second-order valence-electron chi connectivity index (χ2n) is 4.14. The van der Waals surface area contributed by atoms with Crippen LogP contribution in [0.3, 0.4) is 0 Å². The van der Waals surface area contributed by atoms with Crippen LogP contribution in [0.4, 0.5) is 14.5 Å². The highest BCUT2D eigenvalue weighted by atomic mass is 32.2. The molecule has 0 bridgehead atoms. The summed E-state index contributed by atoms with van der Waals surface area (Å²) in [6.07, 6.45) is 0. The Labute approximate surface area is 117 Å². The van der Waals surface area contributed by atoms with Crippen LogP contribution < -0.4 is 10.5 Å². The van der Waals surface area contributed by atoms with E-state index in [1.807, 2.05) is 0 Å². The van der Waals surface area contributed by atoms with E-state index in [0.717, 1.165) is 6.07 Å². The third-order valence-corrected chi connectivity index (χ3v) is 4.19. The quantitative estimate of drug-likeness (QED) is 0.883. The average molecular weight is 297 g/mol. The van der Waals surface area contributed by atoms with Crippen molar-refractivity contribution in [1.29, 1.82) is 0 Å². The van der Waals surface area contributed by atoms with Gasteiger partial charge in [-0.1, -0.05) is 6.07 Å². The highest BCUT2D eigenvalue weighted by Crippen LogP contribution is 2.23. The minimum Gasteiger partial charge on any atom is -0.494 e. The molecule has 1 unspecified atom stereocenters. The summed E-state index contributed by atoms with van der Waals surface area (Å²) in [5, 5.41) is 0. The fourth-order valence-corrected chi connectivity index (χ4v) is 2.93. The molecule has 0 saturated carbocycles. The highest BCUT2D eigenvalue weighted by molar-refractivity contribution is 7.84. The van der Waals surface area contributed by atoms with Crippen LogP contribution in [0.2, 0.25) is 0 Å². The summed E-state index contributed by atoms with van der Waals surface area (Å²) in [6, 6.07) is 8.03. The lowest BCUT2D eigenvalue weighted by Gasteiger charge is -2.07. The molecule has 0 radical (unpaired) electrons. The minimum absolute atomic E-state index is 0.0940. The van der Waals surface area contributed by atoms with Gasteiger partial charge in [0.2, 0.25) is 0 Å². The SMILES string of the molecule is COc1ccc(CS(=O)c2ccc(F)cc2N)cc1F. The van der Waals surface area contributed by atoms with Gasteiger partial charge in [-0.15, -0.1) is 0 Å². The monoisotopic (exact) mass is 297 g/mol. The van der Waals surface area contributed by atoms with Gasteiger partial charge in [0.1, 0.15) is 5.82 Å². The van der Waals surface area contributed by atoms with Gasteiger partial charge in [-0.05, 0) is 35.9 Å². The molecule has 1 atom stereocenters. The molecule has 2 aromatic rings. The van der Waals surface area contributed by atoms with Crippen LogP contribution in [-0.2, 0) is 16.6 Å². The number of halogens is 2. The smallest absolute Gasteiger partial charge is 0.165 e. The van der Waals surface area contributed by atoms with Gasteiger partial charge >= 0.3 is 0 Å². The van der Waals surface area contributed by atoms with E-state index < -0.39 is 22.4 Å². The number of benzene rings is 2. The Kier molecular flexibility index (Phi) is 4.34. The lowest BCUT2D eigenvalue weighted by Crippen LogP contribution is -2.02. The number of rotatable bonds is 4. The molecule has 0 aliphatic carbocycles. The minimum atomic E-state index is -1.47. The standard InChI is InChI=1S/C14H13F2NO2S/c1-19-13-4-2-9(6-11(13)16)8-20(18)14-5-3-10(15)7-12(14)17/h2-7H,8,17H2,1H3. The first-order valence-electron chi connectivity index (χ1n) is 5.77. The zero-order chi connectivity index (χ0) is 14.7. The maximum Gasteiger partial charge on any atom is 0.165 e. The van der Waals surface area contributed by atoms with Crippen LogP contribution >= 0.6 is 0 Å². The predicted octanol–water partition coefficient (Wildman–Crippen LogP) is 2.86. The molecule has 106 valence electrons. The number of ether oxygens (including phenoxy) is 1. The highest BCUT2D eigenvalue weighted by Gasteiger charge is 2.11. The molecule has 0 aliphatic rings. The zero-order valence-electron chi connectivity index (χ0n) is 10.7. The van der Waals surface area contributed by atoms with E-state index in [9.17, 15) is 13.0 Å². The molecule has 0 amide bonds. The first kappa shape index (κ1) is 14.5. The van der Waals surface area contributed by atoms with Gasteiger partial charge in [0.05, 0.1) is 34.2 Å². The van der Waals surface area contributed by atoms with Gasteiger partial charge in [-0.2, -0.15) is 0 Å². The summed E-state index contributed by atoms with van der Waals surface area (Å²) >= 11 is 0. The summed E-state index contributed by atoms with van der Waals surface area (Å²) in [5.41, 5.74) is 6.29. The van der Waals surface area contributed by atoms with Crippen LogP contribution in [-0.4, -0.2) is 11.3 Å². The van der Waals surface area contributed by atoms with Gasteiger partial charge < -0.3 is 10.5 Å². The van der Waals surface area contributed by atoms with E-state index in [1.165, 1.54) is 31.4 Å². The van der Waals surface area contributed by atoms with Crippen molar-refractivity contribution in [2.75, 3.05) is 12.8 Å². The molecule has 0 heterocycles. The number of anilines is 1. The molecule has 2 rings (SSSR count). The van der Waals surface area contributed by atoms with Crippen LogP contribution in [0.5, 0.6) is 5.75 Å². The van der Waals surface area contributed by atoms with Crippen molar-refractivity contribution >= 4 is 16.5 Å². The molecule has 0 aromatic heterocycles. The Hall–Kier alpha value is -1.95. The number of hydrogen-bond donors (Lipinski definition) is 1. The Morgan fingerprint density at radius 1 is 1.20 bits per heavy atom. The molecule has 3 nitrogen and oxygen atoms in total. The maximum atomic E-state index is 13.5. The molecule has 0 fully saturated rings. The fraction of sp³-hybridized carbons (Fsp3) is 0.143. The van der Waals surface area contributed by atoms with Gasteiger partial charge in [-0.25, -0.2) is 8.78 Å². The second-order valence-corrected chi connectivity index (χ2v) is 5.56. The average Bonchev–Trinajstić information content (AvgIpc) is 2.38. The lowest BCUT2D eigenvalue weighted by molar-refractivity contribution is 0.386. The number of methoxy groups -OCH3 is 1. The first-order chi connectivity index (χ1) is 9.51. The zero-order valence-corrected chi connectivity index (χ0v) is 11.5. The lowest BCUT2D eigenvalue weighted by atomic mass is 10.2.